The van der Waals surface area contributed by atoms with Crippen LogP contribution >= 0.6 is 15.9 Å². The maximum Gasteiger partial charge on any atom is 0.407 e. The van der Waals surface area contributed by atoms with Crippen LogP contribution < -0.4 is 10.1 Å². The number of rotatable bonds is 5. The fourth-order valence-corrected chi connectivity index (χ4v) is 2.14. The molecule has 1 aromatic rings. The lowest BCUT2D eigenvalue weighted by Crippen LogP contribution is -2.42. The summed E-state index contributed by atoms with van der Waals surface area (Å²) in [6.45, 7) is 5.19. The number of hydrogen-bond donors (Lipinski definition) is 2. The first-order valence-corrected chi connectivity index (χ1v) is 7.47. The molecule has 1 unspecified atom stereocenters. The number of nitrogens with one attached hydrogen (secondary N) is 1. The molecule has 1 amide bonds. The van der Waals surface area contributed by atoms with E-state index in [0.717, 1.165) is 15.8 Å². The molecule has 0 aliphatic rings. The Morgan fingerprint density at radius 2 is 2.10 bits per heavy atom. The van der Waals surface area contributed by atoms with Crippen LogP contribution in [-0.4, -0.2) is 36.6 Å². The molecule has 0 bridgehead atoms. The number of halogens is 1. The highest BCUT2D eigenvalue weighted by Crippen LogP contribution is 2.23. The highest BCUT2D eigenvalue weighted by molar-refractivity contribution is 9.10. The predicted molar refractivity (Wildman–Crippen MR) is 84.6 cm³/mol. The Labute approximate surface area is 133 Å². The summed E-state index contributed by atoms with van der Waals surface area (Å²) in [7, 11) is 1.59. The molecule has 2 N–H and O–H groups in total. The topological polar surface area (TPSA) is 67.8 Å². The van der Waals surface area contributed by atoms with E-state index in [0.29, 0.717) is 6.42 Å². The van der Waals surface area contributed by atoms with Gasteiger partial charge in [0.15, 0.2) is 0 Å². The van der Waals surface area contributed by atoms with Gasteiger partial charge in [-0.1, -0.05) is 15.9 Å². The Hall–Kier alpha value is -1.27. The maximum atomic E-state index is 11.7. The van der Waals surface area contributed by atoms with Crippen molar-refractivity contribution in [2.45, 2.75) is 38.8 Å². The van der Waals surface area contributed by atoms with Crippen LogP contribution in [0.4, 0.5) is 4.79 Å². The number of alkyl carbamates (subject to hydrolysis) is 1. The van der Waals surface area contributed by atoms with Crippen molar-refractivity contribution < 1.29 is 19.4 Å². The monoisotopic (exact) mass is 359 g/mol. The first-order chi connectivity index (χ1) is 9.75. The standard InChI is InChI=1S/C15H22BrNO4/c1-15(2,3)21-14(19)17-11(9-18)7-10-8-12(20-4)5-6-13(10)16/h5-6,8,11,18H,7,9H2,1-4H3,(H,17,19). The smallest absolute Gasteiger partial charge is 0.407 e. The van der Waals surface area contributed by atoms with Crippen molar-refractivity contribution in [1.29, 1.82) is 0 Å². The van der Waals surface area contributed by atoms with E-state index in [1.54, 1.807) is 27.9 Å². The number of amides is 1. The fourth-order valence-electron chi connectivity index (χ4n) is 1.74. The lowest BCUT2D eigenvalue weighted by atomic mass is 10.1. The third-order valence-electron chi connectivity index (χ3n) is 2.66. The Morgan fingerprint density at radius 3 is 2.62 bits per heavy atom. The first-order valence-electron chi connectivity index (χ1n) is 6.68. The zero-order valence-corrected chi connectivity index (χ0v) is 14.4. The second kappa shape index (κ2) is 7.66. The lowest BCUT2D eigenvalue weighted by molar-refractivity contribution is 0.0483. The molecule has 118 valence electrons. The number of carbonyl (C=O) groups excluding carboxylic acids is 1. The van der Waals surface area contributed by atoms with Crippen LogP contribution in [0.25, 0.3) is 0 Å². The zero-order chi connectivity index (χ0) is 16.0. The Balaban J connectivity index is 2.72. The molecule has 0 aromatic heterocycles. The highest BCUT2D eigenvalue weighted by atomic mass is 79.9. The summed E-state index contributed by atoms with van der Waals surface area (Å²) in [6, 6.07) is 5.14. The first kappa shape index (κ1) is 17.8. The van der Waals surface area contributed by atoms with Gasteiger partial charge in [-0.25, -0.2) is 4.79 Å². The van der Waals surface area contributed by atoms with Crippen LogP contribution in [-0.2, 0) is 11.2 Å². The van der Waals surface area contributed by atoms with Gasteiger partial charge in [0.05, 0.1) is 19.8 Å². The van der Waals surface area contributed by atoms with Crippen molar-refractivity contribution in [1.82, 2.24) is 5.32 Å². The third kappa shape index (κ3) is 6.35. The van der Waals surface area contributed by atoms with Crippen molar-refractivity contribution in [2.24, 2.45) is 0 Å². The molecule has 0 heterocycles. The normalized spacial score (nSPS) is 12.7. The van der Waals surface area contributed by atoms with Gasteiger partial charge in [-0.05, 0) is 51.0 Å². The molecular formula is C15H22BrNO4. The van der Waals surface area contributed by atoms with Gasteiger partial charge in [0.1, 0.15) is 11.4 Å². The molecule has 0 saturated heterocycles. The van der Waals surface area contributed by atoms with E-state index in [-0.39, 0.29) is 6.61 Å². The van der Waals surface area contributed by atoms with Gasteiger partial charge < -0.3 is 19.9 Å². The molecule has 1 atom stereocenters. The second-order valence-electron chi connectivity index (χ2n) is 5.69. The molecular weight excluding hydrogens is 338 g/mol. The SMILES string of the molecule is COc1ccc(Br)c(CC(CO)NC(=O)OC(C)(C)C)c1. The Bertz CT molecular complexity index is 485. The molecule has 21 heavy (non-hydrogen) atoms. The summed E-state index contributed by atoms with van der Waals surface area (Å²) in [6.07, 6.45) is -0.0753. The van der Waals surface area contributed by atoms with E-state index < -0.39 is 17.7 Å². The molecule has 0 radical (unpaired) electrons. The summed E-state index contributed by atoms with van der Waals surface area (Å²) in [4.78, 5) is 11.7. The number of aliphatic hydroxyl groups excluding tert-OH is 1. The van der Waals surface area contributed by atoms with Gasteiger partial charge in [-0.3, -0.25) is 0 Å². The largest absolute Gasteiger partial charge is 0.497 e. The minimum atomic E-state index is -0.569. The lowest BCUT2D eigenvalue weighted by Gasteiger charge is -2.23. The van der Waals surface area contributed by atoms with Gasteiger partial charge in [0, 0.05) is 4.47 Å². The molecule has 1 rings (SSSR count). The fraction of sp³-hybridized carbons (Fsp3) is 0.533. The van der Waals surface area contributed by atoms with Gasteiger partial charge in [-0.2, -0.15) is 0 Å². The average molecular weight is 360 g/mol. The number of hydrogen-bond acceptors (Lipinski definition) is 4. The van der Waals surface area contributed by atoms with E-state index in [9.17, 15) is 9.90 Å². The van der Waals surface area contributed by atoms with Gasteiger partial charge in [0.2, 0.25) is 0 Å². The van der Waals surface area contributed by atoms with Crippen LogP contribution in [0.5, 0.6) is 5.75 Å². The number of carbonyl (C=O) groups is 1. The van der Waals surface area contributed by atoms with E-state index in [1.165, 1.54) is 0 Å². The van der Waals surface area contributed by atoms with E-state index >= 15 is 0 Å². The van der Waals surface area contributed by atoms with E-state index in [1.807, 2.05) is 18.2 Å². The van der Waals surface area contributed by atoms with Crippen molar-refractivity contribution >= 4 is 22.0 Å². The quantitative estimate of drug-likeness (QED) is 0.847. The predicted octanol–water partition coefficient (Wildman–Crippen LogP) is 2.89. The third-order valence-corrected chi connectivity index (χ3v) is 3.43. The molecule has 6 heteroatoms. The zero-order valence-electron chi connectivity index (χ0n) is 12.8. The van der Waals surface area contributed by atoms with Gasteiger partial charge in [0.25, 0.3) is 0 Å². The van der Waals surface area contributed by atoms with Crippen molar-refractivity contribution in [3.05, 3.63) is 28.2 Å². The second-order valence-corrected chi connectivity index (χ2v) is 6.54. The van der Waals surface area contributed by atoms with Crippen LogP contribution in [0.15, 0.2) is 22.7 Å². The molecule has 5 nitrogen and oxygen atoms in total. The van der Waals surface area contributed by atoms with Crippen LogP contribution in [0.2, 0.25) is 0 Å². The highest BCUT2D eigenvalue weighted by Gasteiger charge is 2.20. The number of benzene rings is 1. The van der Waals surface area contributed by atoms with Crippen molar-refractivity contribution in [2.75, 3.05) is 13.7 Å². The Morgan fingerprint density at radius 1 is 1.43 bits per heavy atom. The summed E-state index contributed by atoms with van der Waals surface area (Å²) in [5.41, 5.74) is 0.366. The Kier molecular flexibility index (Phi) is 6.48. The van der Waals surface area contributed by atoms with Gasteiger partial charge in [-0.15, -0.1) is 0 Å². The van der Waals surface area contributed by atoms with Gasteiger partial charge >= 0.3 is 6.09 Å². The molecule has 1 aromatic carbocycles. The van der Waals surface area contributed by atoms with Crippen molar-refractivity contribution in [3.8, 4) is 5.75 Å². The van der Waals surface area contributed by atoms with Crippen molar-refractivity contribution in [3.63, 3.8) is 0 Å². The number of aliphatic hydroxyl groups is 1. The number of ether oxygens (including phenoxy) is 2. The summed E-state index contributed by atoms with van der Waals surface area (Å²) in [5, 5.41) is 12.1. The minimum Gasteiger partial charge on any atom is -0.497 e. The molecule has 0 spiro atoms. The maximum absolute atomic E-state index is 11.7. The molecule has 0 aliphatic carbocycles. The van der Waals surface area contributed by atoms with Crippen LogP contribution in [0, 0.1) is 0 Å². The summed E-state index contributed by atoms with van der Waals surface area (Å²) < 4.78 is 11.3. The molecule has 0 saturated carbocycles. The van der Waals surface area contributed by atoms with E-state index in [4.69, 9.17) is 9.47 Å². The molecule has 0 aliphatic heterocycles. The van der Waals surface area contributed by atoms with E-state index in [2.05, 4.69) is 21.2 Å². The summed E-state index contributed by atoms with van der Waals surface area (Å²) >= 11 is 3.45. The number of methoxy groups -OCH3 is 1. The van der Waals surface area contributed by atoms with Crippen LogP contribution in [0.1, 0.15) is 26.3 Å². The summed E-state index contributed by atoms with van der Waals surface area (Å²) in [5.74, 6) is 0.724. The molecule has 0 fully saturated rings. The average Bonchev–Trinajstić information content (AvgIpc) is 2.38. The van der Waals surface area contributed by atoms with Crippen LogP contribution in [0.3, 0.4) is 0 Å². The minimum absolute atomic E-state index is 0.178.